The molecule has 1 atom stereocenters. The van der Waals surface area contributed by atoms with Crippen molar-refractivity contribution < 1.29 is 26.7 Å². The van der Waals surface area contributed by atoms with Gasteiger partial charge in [-0.15, -0.1) is 0 Å². The first kappa shape index (κ1) is 32.3. The Morgan fingerprint density at radius 1 is 1.09 bits per heavy atom. The molecule has 1 saturated carbocycles. The van der Waals surface area contributed by atoms with E-state index in [1.54, 1.807) is 15.9 Å². The van der Waals surface area contributed by atoms with Gasteiger partial charge in [-0.05, 0) is 50.9 Å². The second-order valence-corrected chi connectivity index (χ2v) is 13.2. The minimum absolute atomic E-state index is 0.0556. The lowest BCUT2D eigenvalue weighted by molar-refractivity contribution is -0.137. The maximum atomic E-state index is 14.2. The first-order valence-corrected chi connectivity index (χ1v) is 16.0. The van der Waals surface area contributed by atoms with Gasteiger partial charge in [-0.3, -0.25) is 4.90 Å². The highest BCUT2D eigenvalue weighted by atomic mass is 19.4. The molecule has 2 saturated heterocycles. The highest BCUT2D eigenvalue weighted by Crippen LogP contribution is 2.48. The van der Waals surface area contributed by atoms with Crippen LogP contribution in [0.5, 0.6) is 6.01 Å². The fraction of sp³-hybridized carbons (Fsp3) is 0.606. The molecule has 2 aromatic rings. The van der Waals surface area contributed by atoms with Crippen LogP contribution in [-0.4, -0.2) is 84.2 Å². The fourth-order valence-corrected chi connectivity index (χ4v) is 7.10. The molecule has 46 heavy (non-hydrogen) atoms. The van der Waals surface area contributed by atoms with Crippen LogP contribution in [0, 0.1) is 23.7 Å². The van der Waals surface area contributed by atoms with Crippen LogP contribution in [0.15, 0.2) is 30.5 Å². The number of nitriles is 1. The van der Waals surface area contributed by atoms with Crippen LogP contribution in [0.25, 0.3) is 0 Å². The topological polar surface area (TPSA) is 71.8 Å². The third kappa shape index (κ3) is 6.87. The molecule has 13 heteroatoms. The van der Waals surface area contributed by atoms with Crippen LogP contribution in [0.2, 0.25) is 0 Å². The molecule has 1 aliphatic carbocycles. The lowest BCUT2D eigenvalue weighted by Crippen LogP contribution is -2.51. The number of benzene rings is 1. The standard InChI is InChI=1S/C33H40F5N7O/c1-3-13-43-16-17-45(18-24(43)7-12-39)29-25-8-14-44(27-6-4-5-23(2)28(27)33(36,37)38)19-26(25)40-30(41-29)46-22-31(9-10-31)20-42-15-11-32(34,35)21-42/h3-6,13,24H,7-11,14-22H2,1-2H3. The van der Waals surface area contributed by atoms with E-state index >= 15 is 0 Å². The molecule has 0 bridgehead atoms. The molecule has 1 aromatic heterocycles. The normalized spacial score (nSPS) is 22.7. The second-order valence-electron chi connectivity index (χ2n) is 13.2. The van der Waals surface area contributed by atoms with E-state index in [2.05, 4.69) is 15.9 Å². The number of ether oxygens (including phenoxy) is 1. The molecule has 248 valence electrons. The average molecular weight is 646 g/mol. The third-order valence-electron chi connectivity index (χ3n) is 9.67. The fourth-order valence-electron chi connectivity index (χ4n) is 7.10. The Morgan fingerprint density at radius 2 is 1.89 bits per heavy atom. The molecule has 3 fully saturated rings. The summed E-state index contributed by atoms with van der Waals surface area (Å²) in [6.07, 6.45) is 1.79. The summed E-state index contributed by atoms with van der Waals surface area (Å²) in [4.78, 5) is 17.4. The Morgan fingerprint density at radius 3 is 2.57 bits per heavy atom. The van der Waals surface area contributed by atoms with Gasteiger partial charge in [-0.1, -0.05) is 18.2 Å². The Labute approximate surface area is 266 Å². The van der Waals surface area contributed by atoms with Crippen molar-refractivity contribution in [3.8, 4) is 12.1 Å². The molecule has 4 aliphatic rings. The van der Waals surface area contributed by atoms with Gasteiger partial charge in [-0.2, -0.15) is 28.4 Å². The van der Waals surface area contributed by atoms with E-state index in [-0.39, 0.29) is 54.8 Å². The van der Waals surface area contributed by atoms with Crippen molar-refractivity contribution in [2.45, 2.75) is 70.6 Å². The van der Waals surface area contributed by atoms with Gasteiger partial charge >= 0.3 is 12.2 Å². The molecule has 6 rings (SSSR count). The number of likely N-dealkylation sites (tertiary alicyclic amines) is 1. The number of hydrogen-bond donors (Lipinski definition) is 0. The van der Waals surface area contributed by atoms with Gasteiger partial charge < -0.3 is 19.4 Å². The summed E-state index contributed by atoms with van der Waals surface area (Å²) in [5.74, 6) is -1.98. The maximum Gasteiger partial charge on any atom is 0.418 e. The highest BCUT2D eigenvalue weighted by Gasteiger charge is 2.48. The van der Waals surface area contributed by atoms with E-state index in [1.165, 1.54) is 19.1 Å². The number of halogens is 5. The number of piperazine rings is 1. The Hall–Kier alpha value is -3.66. The lowest BCUT2D eigenvalue weighted by atomic mass is 10.00. The van der Waals surface area contributed by atoms with Crippen LogP contribution < -0.4 is 14.5 Å². The number of allylic oxidation sites excluding steroid dienone is 1. The second kappa shape index (κ2) is 12.5. The van der Waals surface area contributed by atoms with Gasteiger partial charge in [0.15, 0.2) is 0 Å². The van der Waals surface area contributed by atoms with Gasteiger partial charge in [0.1, 0.15) is 5.82 Å². The molecule has 1 aromatic carbocycles. The quantitative estimate of drug-likeness (QED) is 0.317. The molecule has 0 radical (unpaired) electrons. The van der Waals surface area contributed by atoms with Crippen molar-refractivity contribution >= 4 is 11.5 Å². The molecule has 0 amide bonds. The first-order valence-electron chi connectivity index (χ1n) is 16.0. The van der Waals surface area contributed by atoms with E-state index in [9.17, 15) is 27.2 Å². The molecule has 3 aliphatic heterocycles. The summed E-state index contributed by atoms with van der Waals surface area (Å²) >= 11 is 0. The summed E-state index contributed by atoms with van der Waals surface area (Å²) in [5, 5.41) is 9.52. The summed E-state index contributed by atoms with van der Waals surface area (Å²) in [7, 11) is 0. The number of hydrogen-bond acceptors (Lipinski definition) is 8. The number of aryl methyl sites for hydroxylation is 1. The molecule has 1 unspecified atom stereocenters. The minimum Gasteiger partial charge on any atom is -0.463 e. The van der Waals surface area contributed by atoms with Gasteiger partial charge in [0, 0.05) is 62.4 Å². The molecule has 0 N–H and O–H groups in total. The predicted molar refractivity (Wildman–Crippen MR) is 164 cm³/mol. The summed E-state index contributed by atoms with van der Waals surface area (Å²) in [6.45, 7) is 6.70. The zero-order chi connectivity index (χ0) is 32.7. The van der Waals surface area contributed by atoms with Gasteiger partial charge in [0.2, 0.25) is 0 Å². The largest absolute Gasteiger partial charge is 0.463 e. The van der Waals surface area contributed by atoms with E-state index in [1.807, 2.05) is 19.2 Å². The summed E-state index contributed by atoms with van der Waals surface area (Å²) in [6, 6.07) is 6.99. The maximum absolute atomic E-state index is 14.2. The SMILES string of the molecule is CC=CN1CCN(c2nc(OCC3(CN4CCC(F)(F)C4)CC3)nc3c2CCN(c2cccc(C)c2C(F)(F)F)C3)CC1CC#N. The van der Waals surface area contributed by atoms with Crippen LogP contribution in [0.4, 0.5) is 33.5 Å². The van der Waals surface area contributed by atoms with Gasteiger partial charge in [0.05, 0.1) is 49.5 Å². The number of nitrogens with zero attached hydrogens (tertiary/aromatic N) is 7. The van der Waals surface area contributed by atoms with Crippen molar-refractivity contribution in [2.24, 2.45) is 5.41 Å². The van der Waals surface area contributed by atoms with E-state index in [0.29, 0.717) is 63.6 Å². The van der Waals surface area contributed by atoms with Crippen LogP contribution in [0.1, 0.15) is 55.0 Å². The molecule has 8 nitrogen and oxygen atoms in total. The molecule has 0 spiro atoms. The van der Waals surface area contributed by atoms with E-state index in [0.717, 1.165) is 18.4 Å². The van der Waals surface area contributed by atoms with Crippen LogP contribution >= 0.6 is 0 Å². The van der Waals surface area contributed by atoms with Crippen LogP contribution in [-0.2, 0) is 19.1 Å². The summed E-state index contributed by atoms with van der Waals surface area (Å²) in [5.41, 5.74) is 0.876. The number of aromatic nitrogens is 2. The Kier molecular flexibility index (Phi) is 8.78. The van der Waals surface area contributed by atoms with E-state index in [4.69, 9.17) is 14.7 Å². The molecular formula is C33H40F5N7O. The number of fused-ring (bicyclic) bond motifs is 1. The van der Waals surface area contributed by atoms with Crippen molar-refractivity contribution in [3.05, 3.63) is 52.9 Å². The van der Waals surface area contributed by atoms with E-state index < -0.39 is 17.7 Å². The Bertz CT molecular complexity index is 1500. The Balaban J connectivity index is 1.29. The van der Waals surface area contributed by atoms with Crippen molar-refractivity contribution in [1.82, 2.24) is 19.8 Å². The van der Waals surface area contributed by atoms with Crippen molar-refractivity contribution in [3.63, 3.8) is 0 Å². The zero-order valence-electron chi connectivity index (χ0n) is 26.3. The number of anilines is 2. The first-order chi connectivity index (χ1) is 21.9. The predicted octanol–water partition coefficient (Wildman–Crippen LogP) is 5.80. The molecular weight excluding hydrogens is 605 g/mol. The highest BCUT2D eigenvalue weighted by molar-refractivity contribution is 5.61. The van der Waals surface area contributed by atoms with Crippen molar-refractivity contribution in [1.29, 1.82) is 5.26 Å². The minimum atomic E-state index is -4.51. The molecule has 4 heterocycles. The number of rotatable bonds is 9. The smallest absolute Gasteiger partial charge is 0.418 e. The average Bonchev–Trinajstić information content (AvgIpc) is 3.68. The summed E-state index contributed by atoms with van der Waals surface area (Å²) < 4.78 is 76.4. The third-order valence-corrected chi connectivity index (χ3v) is 9.67. The van der Waals surface area contributed by atoms with Gasteiger partial charge in [0.25, 0.3) is 5.92 Å². The monoisotopic (exact) mass is 645 g/mol. The van der Waals surface area contributed by atoms with Crippen LogP contribution in [0.3, 0.4) is 0 Å². The number of alkyl halides is 5. The lowest BCUT2D eigenvalue weighted by Gasteiger charge is -2.42. The van der Waals surface area contributed by atoms with Crippen molar-refractivity contribution in [2.75, 3.05) is 62.2 Å². The zero-order valence-corrected chi connectivity index (χ0v) is 26.3. The van der Waals surface area contributed by atoms with Gasteiger partial charge in [-0.25, -0.2) is 8.78 Å².